The molecule has 1 saturated carbocycles. The van der Waals surface area contributed by atoms with Crippen molar-refractivity contribution in [3.8, 4) is 0 Å². The van der Waals surface area contributed by atoms with Gasteiger partial charge in [0, 0.05) is 25.7 Å². The Bertz CT molecular complexity index is 378. The molecule has 4 heteroatoms. The minimum absolute atomic E-state index is 0.736. The number of piperidine rings is 1. The highest BCUT2D eigenvalue weighted by Crippen LogP contribution is 2.28. The van der Waals surface area contributed by atoms with Crippen molar-refractivity contribution in [3.63, 3.8) is 0 Å². The lowest BCUT2D eigenvalue weighted by Gasteiger charge is -2.32. The van der Waals surface area contributed by atoms with Crippen molar-refractivity contribution in [3.05, 3.63) is 17.8 Å². The first-order chi connectivity index (χ1) is 8.81. The summed E-state index contributed by atoms with van der Waals surface area (Å²) in [5, 5.41) is 3.71. The average molecular weight is 249 g/mol. The van der Waals surface area contributed by atoms with Crippen LogP contribution in [-0.2, 0) is 6.54 Å². The molecule has 1 aliphatic carbocycles. The number of nitrogens with one attached hydrogen (secondary N) is 1. The second-order valence-electron chi connectivity index (χ2n) is 5.76. The van der Waals surface area contributed by atoms with Crippen LogP contribution >= 0.6 is 0 Å². The maximum atomic E-state index is 5.25. The first-order valence-corrected chi connectivity index (χ1v) is 7.16. The lowest BCUT2D eigenvalue weighted by atomic mass is 10.0. The van der Waals surface area contributed by atoms with E-state index in [2.05, 4.69) is 15.2 Å². The summed E-state index contributed by atoms with van der Waals surface area (Å²) in [5.74, 6) is 1.95. The Morgan fingerprint density at radius 3 is 2.72 bits per heavy atom. The number of aromatic nitrogens is 1. The molecule has 1 aromatic heterocycles. The first-order valence-electron chi connectivity index (χ1n) is 7.16. The van der Waals surface area contributed by atoms with Gasteiger partial charge in [0.05, 0.1) is 5.69 Å². The third kappa shape index (κ3) is 3.12. The van der Waals surface area contributed by atoms with Gasteiger partial charge < -0.3 is 9.73 Å². The van der Waals surface area contributed by atoms with Gasteiger partial charge in [-0.15, -0.1) is 0 Å². The van der Waals surface area contributed by atoms with Crippen molar-refractivity contribution in [2.45, 2.75) is 45.2 Å². The summed E-state index contributed by atoms with van der Waals surface area (Å²) in [6.45, 7) is 6.53. The second kappa shape index (κ2) is 5.41. The van der Waals surface area contributed by atoms with Crippen LogP contribution in [-0.4, -0.2) is 35.6 Å². The highest BCUT2D eigenvalue weighted by atomic mass is 16.3. The lowest BCUT2D eigenvalue weighted by molar-refractivity contribution is 0.188. The van der Waals surface area contributed by atoms with Gasteiger partial charge in [-0.1, -0.05) is 0 Å². The molecule has 0 atom stereocenters. The highest BCUT2D eigenvalue weighted by Gasteiger charge is 2.24. The minimum Gasteiger partial charge on any atom is -0.448 e. The summed E-state index contributed by atoms with van der Waals surface area (Å²) < 4.78 is 5.25. The number of aryl methyl sites for hydroxylation is 1. The van der Waals surface area contributed by atoms with E-state index in [0.29, 0.717) is 0 Å². The van der Waals surface area contributed by atoms with E-state index in [4.69, 9.17) is 4.42 Å². The van der Waals surface area contributed by atoms with E-state index in [9.17, 15) is 0 Å². The van der Waals surface area contributed by atoms with Gasteiger partial charge in [-0.05, 0) is 45.1 Å². The standard InChI is InChI=1S/C14H23N3O/c1-11-14(16-10-18-11)9-17-6-4-13(5-7-17)15-8-12-2-3-12/h10,12-13,15H,2-9H2,1H3. The fraction of sp³-hybridized carbons (Fsp3) is 0.786. The van der Waals surface area contributed by atoms with Crippen LogP contribution in [0, 0.1) is 12.8 Å². The van der Waals surface area contributed by atoms with Crippen LogP contribution in [0.15, 0.2) is 10.8 Å². The second-order valence-corrected chi connectivity index (χ2v) is 5.76. The number of hydrogen-bond acceptors (Lipinski definition) is 4. The van der Waals surface area contributed by atoms with Gasteiger partial charge in [0.25, 0.3) is 0 Å². The van der Waals surface area contributed by atoms with E-state index in [1.807, 2.05) is 6.92 Å². The molecule has 1 aliphatic heterocycles. The minimum atomic E-state index is 0.736. The predicted molar refractivity (Wildman–Crippen MR) is 70.3 cm³/mol. The predicted octanol–water partition coefficient (Wildman–Crippen LogP) is 1.95. The maximum Gasteiger partial charge on any atom is 0.181 e. The van der Waals surface area contributed by atoms with Gasteiger partial charge in [-0.25, -0.2) is 4.98 Å². The highest BCUT2D eigenvalue weighted by molar-refractivity contribution is 5.04. The van der Waals surface area contributed by atoms with E-state index in [1.165, 1.54) is 45.3 Å². The quantitative estimate of drug-likeness (QED) is 0.866. The van der Waals surface area contributed by atoms with Crippen molar-refractivity contribution in [2.24, 2.45) is 5.92 Å². The van der Waals surface area contributed by atoms with Crippen LogP contribution in [0.1, 0.15) is 37.1 Å². The molecule has 2 heterocycles. The zero-order valence-electron chi connectivity index (χ0n) is 11.2. The number of likely N-dealkylation sites (tertiary alicyclic amines) is 1. The molecule has 1 N–H and O–H groups in total. The first kappa shape index (κ1) is 12.2. The zero-order chi connectivity index (χ0) is 12.4. The molecule has 0 spiro atoms. The van der Waals surface area contributed by atoms with E-state index in [-0.39, 0.29) is 0 Å². The molecule has 0 amide bonds. The van der Waals surface area contributed by atoms with E-state index < -0.39 is 0 Å². The van der Waals surface area contributed by atoms with Crippen molar-refractivity contribution < 1.29 is 4.42 Å². The van der Waals surface area contributed by atoms with Crippen molar-refractivity contribution in [1.82, 2.24) is 15.2 Å². The maximum absolute atomic E-state index is 5.25. The number of rotatable bonds is 5. The smallest absolute Gasteiger partial charge is 0.181 e. The van der Waals surface area contributed by atoms with Gasteiger partial charge in [-0.3, -0.25) is 4.90 Å². The Kier molecular flexibility index (Phi) is 3.66. The summed E-state index contributed by atoms with van der Waals surface area (Å²) in [6, 6.07) is 0.736. The molecule has 0 bridgehead atoms. The van der Waals surface area contributed by atoms with Gasteiger partial charge >= 0.3 is 0 Å². The normalized spacial score (nSPS) is 22.5. The summed E-state index contributed by atoms with van der Waals surface area (Å²) >= 11 is 0. The summed E-state index contributed by atoms with van der Waals surface area (Å²) in [5.41, 5.74) is 1.10. The van der Waals surface area contributed by atoms with E-state index in [0.717, 1.165) is 30.0 Å². The largest absolute Gasteiger partial charge is 0.448 e. The van der Waals surface area contributed by atoms with Crippen LogP contribution in [0.5, 0.6) is 0 Å². The fourth-order valence-electron chi connectivity index (χ4n) is 2.64. The van der Waals surface area contributed by atoms with Gasteiger partial charge in [-0.2, -0.15) is 0 Å². The number of hydrogen-bond donors (Lipinski definition) is 1. The van der Waals surface area contributed by atoms with Crippen LogP contribution in [0.3, 0.4) is 0 Å². The molecular weight excluding hydrogens is 226 g/mol. The SMILES string of the molecule is Cc1ocnc1CN1CCC(NCC2CC2)CC1. The molecule has 0 unspecified atom stereocenters. The van der Waals surface area contributed by atoms with Crippen LogP contribution in [0.25, 0.3) is 0 Å². The Morgan fingerprint density at radius 1 is 1.33 bits per heavy atom. The fourth-order valence-corrected chi connectivity index (χ4v) is 2.64. The average Bonchev–Trinajstić information content (AvgIpc) is 3.13. The molecular formula is C14H23N3O. The van der Waals surface area contributed by atoms with Gasteiger partial charge in [0.15, 0.2) is 6.39 Å². The molecule has 4 nitrogen and oxygen atoms in total. The Balaban J connectivity index is 1.40. The van der Waals surface area contributed by atoms with E-state index >= 15 is 0 Å². The topological polar surface area (TPSA) is 41.3 Å². The molecule has 18 heavy (non-hydrogen) atoms. The van der Waals surface area contributed by atoms with Gasteiger partial charge in [0.1, 0.15) is 5.76 Å². The van der Waals surface area contributed by atoms with Crippen molar-refractivity contribution in [1.29, 1.82) is 0 Å². The molecule has 2 aliphatic rings. The third-order valence-electron chi connectivity index (χ3n) is 4.20. The molecule has 2 fully saturated rings. The van der Waals surface area contributed by atoms with Crippen molar-refractivity contribution in [2.75, 3.05) is 19.6 Å². The zero-order valence-corrected chi connectivity index (χ0v) is 11.2. The molecule has 1 saturated heterocycles. The number of oxazole rings is 1. The molecule has 0 aromatic carbocycles. The monoisotopic (exact) mass is 249 g/mol. The van der Waals surface area contributed by atoms with Crippen LogP contribution in [0.4, 0.5) is 0 Å². The Morgan fingerprint density at radius 2 is 2.11 bits per heavy atom. The lowest BCUT2D eigenvalue weighted by Crippen LogP contribution is -2.42. The summed E-state index contributed by atoms with van der Waals surface area (Å²) in [4.78, 5) is 6.76. The third-order valence-corrected chi connectivity index (χ3v) is 4.20. The van der Waals surface area contributed by atoms with Crippen LogP contribution < -0.4 is 5.32 Å². The molecule has 0 radical (unpaired) electrons. The Labute approximate surface area is 109 Å². The molecule has 3 rings (SSSR count). The summed E-state index contributed by atoms with van der Waals surface area (Å²) in [7, 11) is 0. The van der Waals surface area contributed by atoms with Crippen molar-refractivity contribution >= 4 is 0 Å². The van der Waals surface area contributed by atoms with Gasteiger partial charge in [0.2, 0.25) is 0 Å². The number of nitrogens with zero attached hydrogens (tertiary/aromatic N) is 2. The molecule has 100 valence electrons. The van der Waals surface area contributed by atoms with E-state index in [1.54, 1.807) is 6.39 Å². The Hall–Kier alpha value is -0.870. The molecule has 1 aromatic rings. The summed E-state index contributed by atoms with van der Waals surface area (Å²) in [6.07, 6.45) is 6.97. The van der Waals surface area contributed by atoms with Crippen LogP contribution in [0.2, 0.25) is 0 Å².